The molecular formula is C11H9NO2S. The third-order valence-electron chi connectivity index (χ3n) is 2.60. The molecule has 1 heterocycles. The highest BCUT2D eigenvalue weighted by molar-refractivity contribution is 7.92. The maximum atomic E-state index is 11.5. The molecule has 3 rings (SSSR count). The molecule has 0 fully saturated rings. The highest BCUT2D eigenvalue weighted by Crippen LogP contribution is 2.32. The second-order valence-corrected chi connectivity index (χ2v) is 5.40. The molecule has 3 nitrogen and oxygen atoms in total. The van der Waals surface area contributed by atoms with Crippen molar-refractivity contribution in [2.45, 2.75) is 5.75 Å². The van der Waals surface area contributed by atoms with Crippen LogP contribution in [-0.2, 0) is 15.8 Å². The van der Waals surface area contributed by atoms with E-state index in [0.717, 1.165) is 16.3 Å². The van der Waals surface area contributed by atoms with E-state index in [2.05, 4.69) is 4.72 Å². The quantitative estimate of drug-likeness (QED) is 0.737. The van der Waals surface area contributed by atoms with Gasteiger partial charge in [0.15, 0.2) is 0 Å². The molecule has 0 atom stereocenters. The molecule has 0 amide bonds. The van der Waals surface area contributed by atoms with Crippen molar-refractivity contribution in [2.75, 3.05) is 4.72 Å². The first kappa shape index (κ1) is 8.73. The van der Waals surface area contributed by atoms with E-state index in [-0.39, 0.29) is 5.75 Å². The van der Waals surface area contributed by atoms with Crippen LogP contribution in [0.2, 0.25) is 0 Å². The zero-order chi connectivity index (χ0) is 10.5. The summed E-state index contributed by atoms with van der Waals surface area (Å²) >= 11 is 0. The molecule has 0 aliphatic carbocycles. The van der Waals surface area contributed by atoms with Crippen LogP contribution in [0.5, 0.6) is 0 Å². The molecule has 2 aromatic carbocycles. The number of anilines is 1. The van der Waals surface area contributed by atoms with E-state index < -0.39 is 10.0 Å². The monoisotopic (exact) mass is 219 g/mol. The second kappa shape index (κ2) is 2.73. The van der Waals surface area contributed by atoms with Gasteiger partial charge in [0, 0.05) is 5.39 Å². The fourth-order valence-corrected chi connectivity index (χ4v) is 3.26. The number of nitrogens with one attached hydrogen (secondary N) is 1. The summed E-state index contributed by atoms with van der Waals surface area (Å²) in [6, 6.07) is 11.4. The van der Waals surface area contributed by atoms with Crippen LogP contribution in [0.4, 0.5) is 5.69 Å². The molecule has 0 radical (unpaired) electrons. The molecule has 1 N–H and O–H groups in total. The largest absolute Gasteiger partial charge is 0.283 e. The van der Waals surface area contributed by atoms with E-state index in [1.54, 1.807) is 6.07 Å². The lowest BCUT2D eigenvalue weighted by atomic mass is 10.0. The Morgan fingerprint density at radius 3 is 2.60 bits per heavy atom. The Hall–Kier alpha value is -1.55. The molecule has 0 saturated carbocycles. The minimum Gasteiger partial charge on any atom is -0.283 e. The zero-order valence-electron chi connectivity index (χ0n) is 7.90. The van der Waals surface area contributed by atoms with Gasteiger partial charge in [-0.1, -0.05) is 30.3 Å². The van der Waals surface area contributed by atoms with E-state index >= 15 is 0 Å². The predicted molar refractivity (Wildman–Crippen MR) is 60.2 cm³/mol. The minimum absolute atomic E-state index is 0.0708. The summed E-state index contributed by atoms with van der Waals surface area (Å²) in [5.41, 5.74) is 1.57. The predicted octanol–water partition coefficient (Wildman–Crippen LogP) is 2.10. The third-order valence-corrected chi connectivity index (χ3v) is 3.82. The van der Waals surface area contributed by atoms with Gasteiger partial charge in [-0.3, -0.25) is 4.72 Å². The van der Waals surface area contributed by atoms with Gasteiger partial charge in [-0.2, -0.15) is 0 Å². The summed E-state index contributed by atoms with van der Waals surface area (Å²) < 4.78 is 25.7. The van der Waals surface area contributed by atoms with E-state index in [1.807, 2.05) is 30.3 Å². The van der Waals surface area contributed by atoms with Crippen LogP contribution >= 0.6 is 0 Å². The van der Waals surface area contributed by atoms with Crippen molar-refractivity contribution in [3.63, 3.8) is 0 Å². The highest BCUT2D eigenvalue weighted by Gasteiger charge is 2.21. The van der Waals surface area contributed by atoms with Crippen LogP contribution in [0.1, 0.15) is 5.56 Å². The van der Waals surface area contributed by atoms with Gasteiger partial charge in [-0.15, -0.1) is 0 Å². The lowest BCUT2D eigenvalue weighted by Gasteiger charge is -2.18. The van der Waals surface area contributed by atoms with Crippen LogP contribution in [0, 0.1) is 0 Å². The number of hydrogen-bond acceptors (Lipinski definition) is 2. The molecule has 1 aliphatic rings. The molecule has 76 valence electrons. The number of benzene rings is 2. The third kappa shape index (κ3) is 1.29. The molecule has 2 aromatic rings. The maximum absolute atomic E-state index is 11.5. The molecule has 15 heavy (non-hydrogen) atoms. The average molecular weight is 219 g/mol. The highest BCUT2D eigenvalue weighted by atomic mass is 32.2. The van der Waals surface area contributed by atoms with Gasteiger partial charge in [-0.05, 0) is 17.0 Å². The van der Waals surface area contributed by atoms with Crippen LogP contribution in [0.3, 0.4) is 0 Å². The van der Waals surface area contributed by atoms with Crippen molar-refractivity contribution in [3.8, 4) is 0 Å². The Morgan fingerprint density at radius 1 is 1.07 bits per heavy atom. The lowest BCUT2D eigenvalue weighted by Crippen LogP contribution is -2.19. The first-order valence-corrected chi connectivity index (χ1v) is 6.32. The van der Waals surface area contributed by atoms with Gasteiger partial charge in [-0.25, -0.2) is 8.42 Å². The Bertz CT molecular complexity index is 600. The Morgan fingerprint density at radius 2 is 1.80 bits per heavy atom. The average Bonchev–Trinajstić information content (AvgIpc) is 2.16. The maximum Gasteiger partial charge on any atom is 0.236 e. The SMILES string of the molecule is O=S1(=O)Cc2cccc3cccc(c23)N1. The summed E-state index contributed by atoms with van der Waals surface area (Å²) in [7, 11) is -3.19. The first-order chi connectivity index (χ1) is 7.16. The van der Waals surface area contributed by atoms with Crippen LogP contribution in [-0.4, -0.2) is 8.42 Å². The van der Waals surface area contributed by atoms with Crippen molar-refractivity contribution in [2.24, 2.45) is 0 Å². The summed E-state index contributed by atoms with van der Waals surface area (Å²) in [6.07, 6.45) is 0. The fourth-order valence-electron chi connectivity index (χ4n) is 2.03. The van der Waals surface area contributed by atoms with Crippen LogP contribution in [0.25, 0.3) is 10.8 Å². The smallest absolute Gasteiger partial charge is 0.236 e. The molecule has 0 aromatic heterocycles. The van der Waals surface area contributed by atoms with E-state index in [9.17, 15) is 8.42 Å². The molecule has 0 bridgehead atoms. The zero-order valence-corrected chi connectivity index (χ0v) is 8.71. The van der Waals surface area contributed by atoms with Crippen LogP contribution < -0.4 is 4.72 Å². The Labute approximate surface area is 87.8 Å². The van der Waals surface area contributed by atoms with Gasteiger partial charge in [0.05, 0.1) is 11.4 Å². The van der Waals surface area contributed by atoms with Gasteiger partial charge < -0.3 is 0 Å². The summed E-state index contributed by atoms with van der Waals surface area (Å²) in [5.74, 6) is 0.0708. The summed E-state index contributed by atoms with van der Waals surface area (Å²) in [4.78, 5) is 0. The lowest BCUT2D eigenvalue weighted by molar-refractivity contribution is 0.600. The molecule has 0 unspecified atom stereocenters. The van der Waals surface area contributed by atoms with Gasteiger partial charge in [0.25, 0.3) is 0 Å². The Kier molecular flexibility index (Phi) is 1.59. The number of rotatable bonds is 0. The van der Waals surface area contributed by atoms with Gasteiger partial charge in [0.1, 0.15) is 0 Å². The molecule has 1 aliphatic heterocycles. The van der Waals surface area contributed by atoms with Crippen molar-refractivity contribution in [1.29, 1.82) is 0 Å². The normalized spacial score (nSPS) is 17.3. The summed E-state index contributed by atoms with van der Waals surface area (Å²) in [6.45, 7) is 0. The minimum atomic E-state index is -3.19. The summed E-state index contributed by atoms with van der Waals surface area (Å²) in [5, 5.41) is 2.10. The first-order valence-electron chi connectivity index (χ1n) is 4.67. The molecule has 0 saturated heterocycles. The topological polar surface area (TPSA) is 46.2 Å². The van der Waals surface area contributed by atoms with Crippen molar-refractivity contribution in [1.82, 2.24) is 0 Å². The van der Waals surface area contributed by atoms with Crippen LogP contribution in [0.15, 0.2) is 36.4 Å². The van der Waals surface area contributed by atoms with E-state index in [0.29, 0.717) is 5.69 Å². The van der Waals surface area contributed by atoms with Crippen molar-refractivity contribution >= 4 is 26.5 Å². The number of hydrogen-bond donors (Lipinski definition) is 1. The Balaban J connectivity index is 2.46. The van der Waals surface area contributed by atoms with E-state index in [1.165, 1.54) is 0 Å². The standard InChI is InChI=1S/C11H9NO2S/c13-15(14)7-9-5-1-3-8-4-2-6-10(12-15)11(8)9/h1-6,12H,7H2. The molecule has 4 heteroatoms. The molecular weight excluding hydrogens is 210 g/mol. The number of sulfonamides is 1. The second-order valence-electron chi connectivity index (χ2n) is 3.68. The molecule has 0 spiro atoms. The fraction of sp³-hybridized carbons (Fsp3) is 0.0909. The van der Waals surface area contributed by atoms with E-state index in [4.69, 9.17) is 0 Å². The van der Waals surface area contributed by atoms with Crippen molar-refractivity contribution in [3.05, 3.63) is 42.0 Å². The van der Waals surface area contributed by atoms with Gasteiger partial charge in [0.2, 0.25) is 10.0 Å². The van der Waals surface area contributed by atoms with Crippen molar-refractivity contribution < 1.29 is 8.42 Å². The van der Waals surface area contributed by atoms with Gasteiger partial charge >= 0.3 is 0 Å².